The van der Waals surface area contributed by atoms with Gasteiger partial charge in [-0.2, -0.15) is 0 Å². The van der Waals surface area contributed by atoms with E-state index in [4.69, 9.17) is 11.2 Å². The van der Waals surface area contributed by atoms with Crippen LogP contribution in [0, 0.1) is 12.3 Å². The van der Waals surface area contributed by atoms with E-state index in [-0.39, 0.29) is 6.09 Å². The third kappa shape index (κ3) is 3.50. The van der Waals surface area contributed by atoms with Crippen LogP contribution < -0.4 is 4.74 Å². The van der Waals surface area contributed by atoms with Crippen molar-refractivity contribution in [1.29, 1.82) is 0 Å². The lowest BCUT2D eigenvalue weighted by Gasteiger charge is -2.18. The Morgan fingerprint density at radius 2 is 2.17 bits per heavy atom. The standard InChI is InChI=1S/C19H21N3O2/c1-3-11-21(2)14-15-8-9-17(18-16(15)7-6-10-20-18)24-19(23)22-12-4-5-13-22/h1,6-10H,4-5,11-14H2,2H3. The molecule has 1 aromatic heterocycles. The Balaban J connectivity index is 1.87. The lowest BCUT2D eigenvalue weighted by molar-refractivity contribution is 0.163. The minimum atomic E-state index is -0.295. The molecule has 0 N–H and O–H groups in total. The van der Waals surface area contributed by atoms with E-state index in [1.165, 1.54) is 0 Å². The smallest absolute Gasteiger partial charge is 0.408 e. The molecular formula is C19H21N3O2. The predicted molar refractivity (Wildman–Crippen MR) is 93.7 cm³/mol. The molecule has 0 radical (unpaired) electrons. The number of hydrogen-bond donors (Lipinski definition) is 0. The number of aromatic nitrogens is 1. The molecule has 0 spiro atoms. The summed E-state index contributed by atoms with van der Waals surface area (Å²) in [6.45, 7) is 2.82. The summed E-state index contributed by atoms with van der Waals surface area (Å²) >= 11 is 0. The molecule has 1 amide bonds. The van der Waals surface area contributed by atoms with Gasteiger partial charge < -0.3 is 9.64 Å². The molecule has 5 nitrogen and oxygen atoms in total. The molecule has 0 unspecified atom stereocenters. The van der Waals surface area contributed by atoms with E-state index in [9.17, 15) is 4.79 Å². The van der Waals surface area contributed by atoms with Crippen molar-refractivity contribution in [2.45, 2.75) is 19.4 Å². The number of hydrogen-bond acceptors (Lipinski definition) is 4. The van der Waals surface area contributed by atoms with Gasteiger partial charge in [-0.1, -0.05) is 18.1 Å². The summed E-state index contributed by atoms with van der Waals surface area (Å²) in [5.41, 5.74) is 1.81. The quantitative estimate of drug-likeness (QED) is 0.812. The molecule has 0 aliphatic carbocycles. The number of terminal acetylenes is 1. The van der Waals surface area contributed by atoms with Gasteiger partial charge in [-0.05, 0) is 37.6 Å². The van der Waals surface area contributed by atoms with E-state index in [1.807, 2.05) is 31.3 Å². The molecule has 5 heteroatoms. The van der Waals surface area contributed by atoms with Crippen LogP contribution in [0.2, 0.25) is 0 Å². The topological polar surface area (TPSA) is 45.7 Å². The monoisotopic (exact) mass is 323 g/mol. The molecule has 1 aromatic carbocycles. The summed E-state index contributed by atoms with van der Waals surface area (Å²) < 4.78 is 5.60. The molecule has 0 atom stereocenters. The molecule has 1 aliphatic heterocycles. The van der Waals surface area contributed by atoms with Gasteiger partial charge in [0, 0.05) is 31.2 Å². The van der Waals surface area contributed by atoms with Gasteiger partial charge in [0.15, 0.2) is 5.75 Å². The number of amides is 1. The fourth-order valence-corrected chi connectivity index (χ4v) is 2.99. The highest BCUT2D eigenvalue weighted by molar-refractivity contribution is 5.89. The van der Waals surface area contributed by atoms with Crippen LogP contribution in [0.3, 0.4) is 0 Å². The summed E-state index contributed by atoms with van der Waals surface area (Å²) in [6, 6.07) is 7.68. The number of nitrogens with zero attached hydrogens (tertiary/aromatic N) is 3. The van der Waals surface area contributed by atoms with Crippen molar-refractivity contribution >= 4 is 17.0 Å². The molecule has 1 saturated heterocycles. The fourth-order valence-electron chi connectivity index (χ4n) is 2.99. The fraction of sp³-hybridized carbons (Fsp3) is 0.368. The van der Waals surface area contributed by atoms with Crippen LogP contribution >= 0.6 is 0 Å². The van der Waals surface area contributed by atoms with Gasteiger partial charge >= 0.3 is 6.09 Å². The van der Waals surface area contributed by atoms with Crippen LogP contribution in [0.15, 0.2) is 30.5 Å². The Hall–Kier alpha value is -2.58. The van der Waals surface area contributed by atoms with Crippen molar-refractivity contribution in [3.05, 3.63) is 36.0 Å². The van der Waals surface area contributed by atoms with Gasteiger partial charge in [0.25, 0.3) is 0 Å². The van der Waals surface area contributed by atoms with E-state index in [1.54, 1.807) is 11.1 Å². The molecule has 24 heavy (non-hydrogen) atoms. The highest BCUT2D eigenvalue weighted by Crippen LogP contribution is 2.28. The minimum absolute atomic E-state index is 0.295. The second-order valence-corrected chi connectivity index (χ2v) is 6.06. The van der Waals surface area contributed by atoms with E-state index in [0.717, 1.165) is 36.9 Å². The Bertz CT molecular complexity index is 776. The summed E-state index contributed by atoms with van der Waals surface area (Å²) in [6.07, 6.45) is 8.86. The predicted octanol–water partition coefficient (Wildman–Crippen LogP) is 2.89. The Labute approximate surface area is 142 Å². The van der Waals surface area contributed by atoms with Crippen molar-refractivity contribution in [2.24, 2.45) is 0 Å². The first-order valence-corrected chi connectivity index (χ1v) is 8.14. The zero-order valence-corrected chi connectivity index (χ0v) is 13.9. The number of ether oxygens (including phenoxy) is 1. The largest absolute Gasteiger partial charge is 0.415 e. The Morgan fingerprint density at radius 1 is 1.38 bits per heavy atom. The third-order valence-corrected chi connectivity index (χ3v) is 4.19. The lowest BCUT2D eigenvalue weighted by atomic mass is 10.1. The summed E-state index contributed by atoms with van der Waals surface area (Å²) in [5, 5.41) is 0.980. The number of likely N-dealkylation sites (tertiary alicyclic amines) is 1. The number of rotatable bonds is 4. The summed E-state index contributed by atoms with van der Waals surface area (Å²) in [7, 11) is 1.98. The second kappa shape index (κ2) is 7.33. The zero-order valence-electron chi connectivity index (χ0n) is 13.9. The number of carbonyl (C=O) groups is 1. The Morgan fingerprint density at radius 3 is 2.92 bits per heavy atom. The van der Waals surface area contributed by atoms with Crippen molar-refractivity contribution in [1.82, 2.24) is 14.8 Å². The molecule has 0 saturated carbocycles. The van der Waals surface area contributed by atoms with Crippen molar-refractivity contribution in [3.63, 3.8) is 0 Å². The molecule has 124 valence electrons. The third-order valence-electron chi connectivity index (χ3n) is 4.19. The maximum absolute atomic E-state index is 12.3. The SMILES string of the molecule is C#CCN(C)Cc1ccc(OC(=O)N2CCCC2)c2ncccc12. The van der Waals surface area contributed by atoms with Gasteiger partial charge in [-0.25, -0.2) is 4.79 Å². The molecule has 2 heterocycles. The summed E-state index contributed by atoms with van der Waals surface area (Å²) in [5.74, 6) is 3.15. The molecular weight excluding hydrogens is 302 g/mol. The zero-order chi connectivity index (χ0) is 16.9. The van der Waals surface area contributed by atoms with Crippen molar-refractivity contribution in [3.8, 4) is 18.1 Å². The average Bonchev–Trinajstić information content (AvgIpc) is 3.12. The van der Waals surface area contributed by atoms with E-state index in [2.05, 4.69) is 15.8 Å². The number of pyridine rings is 1. The van der Waals surface area contributed by atoms with Crippen molar-refractivity contribution < 1.29 is 9.53 Å². The maximum Gasteiger partial charge on any atom is 0.415 e. The van der Waals surface area contributed by atoms with Gasteiger partial charge in [-0.15, -0.1) is 6.42 Å². The van der Waals surface area contributed by atoms with E-state index < -0.39 is 0 Å². The number of benzene rings is 1. The van der Waals surface area contributed by atoms with Gasteiger partial charge in [0.1, 0.15) is 5.52 Å². The van der Waals surface area contributed by atoms with E-state index >= 15 is 0 Å². The molecule has 2 aromatic rings. The minimum Gasteiger partial charge on any atom is -0.408 e. The molecule has 1 aliphatic rings. The lowest BCUT2D eigenvalue weighted by Crippen LogP contribution is -2.30. The maximum atomic E-state index is 12.3. The number of carbonyl (C=O) groups excluding carboxylic acids is 1. The van der Waals surface area contributed by atoms with Crippen LogP contribution in [0.25, 0.3) is 10.9 Å². The number of fused-ring (bicyclic) bond motifs is 1. The highest BCUT2D eigenvalue weighted by atomic mass is 16.6. The van der Waals surface area contributed by atoms with Crippen LogP contribution in [-0.4, -0.2) is 47.6 Å². The highest BCUT2D eigenvalue weighted by Gasteiger charge is 2.21. The van der Waals surface area contributed by atoms with Gasteiger partial charge in [-0.3, -0.25) is 9.88 Å². The second-order valence-electron chi connectivity index (χ2n) is 6.06. The van der Waals surface area contributed by atoms with Gasteiger partial charge in [0.05, 0.1) is 6.54 Å². The van der Waals surface area contributed by atoms with Crippen LogP contribution in [0.5, 0.6) is 5.75 Å². The van der Waals surface area contributed by atoms with Crippen molar-refractivity contribution in [2.75, 3.05) is 26.7 Å². The average molecular weight is 323 g/mol. The first-order chi connectivity index (χ1) is 11.7. The molecule has 0 bridgehead atoms. The first-order valence-electron chi connectivity index (χ1n) is 8.14. The summed E-state index contributed by atoms with van der Waals surface area (Å²) in [4.78, 5) is 20.5. The Kier molecular flexibility index (Phi) is 4.97. The molecule has 3 rings (SSSR count). The molecule has 1 fully saturated rings. The van der Waals surface area contributed by atoms with E-state index in [0.29, 0.717) is 24.4 Å². The normalized spacial score (nSPS) is 14.1. The van der Waals surface area contributed by atoms with Crippen LogP contribution in [0.4, 0.5) is 4.79 Å². The first kappa shape index (κ1) is 16.3. The van der Waals surface area contributed by atoms with Gasteiger partial charge in [0.2, 0.25) is 0 Å². The van der Waals surface area contributed by atoms with Crippen LogP contribution in [0.1, 0.15) is 18.4 Å². The van der Waals surface area contributed by atoms with Crippen LogP contribution in [-0.2, 0) is 6.54 Å².